The zero-order valence-electron chi connectivity index (χ0n) is 8.69. The fourth-order valence-electron chi connectivity index (χ4n) is 0.901. The van der Waals surface area contributed by atoms with Crippen LogP contribution >= 0.6 is 11.3 Å². The lowest BCUT2D eigenvalue weighted by Gasteiger charge is -2.06. The first-order valence-corrected chi connectivity index (χ1v) is 5.75. The molecule has 5 heteroatoms. The van der Waals surface area contributed by atoms with E-state index in [-0.39, 0.29) is 0 Å². The van der Waals surface area contributed by atoms with E-state index in [9.17, 15) is 0 Å². The minimum atomic E-state index is 0.714. The summed E-state index contributed by atoms with van der Waals surface area (Å²) in [4.78, 5) is 0. The van der Waals surface area contributed by atoms with Gasteiger partial charge in [0.2, 0.25) is 5.13 Å². The molecule has 80 valence electrons. The highest BCUT2D eigenvalue weighted by atomic mass is 32.1. The number of ether oxygens (including phenoxy) is 1. The Hall–Kier alpha value is -0.680. The van der Waals surface area contributed by atoms with Gasteiger partial charge in [0.05, 0.1) is 6.61 Å². The molecular weight excluding hydrogens is 198 g/mol. The molecule has 0 saturated heterocycles. The predicted molar refractivity (Wildman–Crippen MR) is 58.7 cm³/mol. The third kappa shape index (κ3) is 5.14. The molecule has 0 bridgehead atoms. The summed E-state index contributed by atoms with van der Waals surface area (Å²) in [5, 5.41) is 11.6. The second-order valence-corrected chi connectivity index (χ2v) is 4.30. The molecule has 0 aromatic carbocycles. The number of nitrogens with one attached hydrogen (secondary N) is 1. The summed E-state index contributed by atoms with van der Waals surface area (Å²) < 4.78 is 5.44. The molecule has 1 heterocycles. The van der Waals surface area contributed by atoms with Crippen molar-refractivity contribution < 1.29 is 4.74 Å². The van der Waals surface area contributed by atoms with E-state index in [0.717, 1.165) is 31.3 Å². The molecule has 0 fully saturated rings. The minimum Gasteiger partial charge on any atom is -0.380 e. The quantitative estimate of drug-likeness (QED) is 0.707. The third-order valence-corrected chi connectivity index (χ3v) is 2.37. The van der Waals surface area contributed by atoms with Crippen LogP contribution in [-0.2, 0) is 4.74 Å². The van der Waals surface area contributed by atoms with Crippen LogP contribution < -0.4 is 5.32 Å². The van der Waals surface area contributed by atoms with Crippen LogP contribution in [0.1, 0.15) is 20.3 Å². The molecule has 0 atom stereocenters. The topological polar surface area (TPSA) is 47.0 Å². The van der Waals surface area contributed by atoms with Crippen molar-refractivity contribution in [1.82, 2.24) is 10.2 Å². The summed E-state index contributed by atoms with van der Waals surface area (Å²) in [6.07, 6.45) is 1.12. The van der Waals surface area contributed by atoms with Crippen molar-refractivity contribution in [2.24, 2.45) is 5.92 Å². The van der Waals surface area contributed by atoms with Gasteiger partial charge in [-0.2, -0.15) is 0 Å². The van der Waals surface area contributed by atoms with Gasteiger partial charge in [-0.25, -0.2) is 0 Å². The highest BCUT2D eigenvalue weighted by Gasteiger charge is 1.95. The van der Waals surface area contributed by atoms with E-state index >= 15 is 0 Å². The Labute approximate surface area is 88.7 Å². The summed E-state index contributed by atoms with van der Waals surface area (Å²) in [6, 6.07) is 0. The standard InChI is InChI=1S/C9H17N3OS/c1-8(2)3-5-13-6-4-10-9-12-11-7-14-9/h7-8H,3-6H2,1-2H3,(H,10,12). The molecule has 0 saturated carbocycles. The Morgan fingerprint density at radius 3 is 3.00 bits per heavy atom. The second kappa shape index (κ2) is 6.73. The molecule has 0 aliphatic carbocycles. The summed E-state index contributed by atoms with van der Waals surface area (Å²) in [5.74, 6) is 0.714. The highest BCUT2D eigenvalue weighted by molar-refractivity contribution is 7.13. The van der Waals surface area contributed by atoms with Crippen LogP contribution in [0.5, 0.6) is 0 Å². The van der Waals surface area contributed by atoms with E-state index in [1.807, 2.05) is 0 Å². The van der Waals surface area contributed by atoms with Gasteiger partial charge in [0.15, 0.2) is 0 Å². The molecule has 0 aliphatic rings. The molecule has 0 radical (unpaired) electrons. The van der Waals surface area contributed by atoms with E-state index in [0.29, 0.717) is 5.92 Å². The smallest absolute Gasteiger partial charge is 0.205 e. The highest BCUT2D eigenvalue weighted by Crippen LogP contribution is 2.06. The van der Waals surface area contributed by atoms with Crippen LogP contribution in [0, 0.1) is 5.92 Å². The number of nitrogens with zero attached hydrogens (tertiary/aromatic N) is 2. The lowest BCUT2D eigenvalue weighted by atomic mass is 10.1. The van der Waals surface area contributed by atoms with E-state index in [2.05, 4.69) is 29.4 Å². The van der Waals surface area contributed by atoms with Gasteiger partial charge < -0.3 is 10.1 Å². The molecular formula is C9H17N3OS. The van der Waals surface area contributed by atoms with Gasteiger partial charge in [-0.15, -0.1) is 10.2 Å². The van der Waals surface area contributed by atoms with Crippen molar-refractivity contribution in [2.75, 3.05) is 25.1 Å². The summed E-state index contributed by atoms with van der Waals surface area (Å²) in [6.45, 7) is 6.76. The maximum atomic E-state index is 5.44. The minimum absolute atomic E-state index is 0.714. The first kappa shape index (κ1) is 11.4. The maximum absolute atomic E-state index is 5.44. The van der Waals surface area contributed by atoms with Crippen molar-refractivity contribution in [1.29, 1.82) is 0 Å². The molecule has 1 rings (SSSR count). The Balaban J connectivity index is 1.90. The predicted octanol–water partition coefficient (Wildman–Crippen LogP) is 2.01. The molecule has 1 aromatic heterocycles. The fraction of sp³-hybridized carbons (Fsp3) is 0.778. The van der Waals surface area contributed by atoms with Crippen LogP contribution in [0.25, 0.3) is 0 Å². The van der Waals surface area contributed by atoms with Crippen LogP contribution in [0.3, 0.4) is 0 Å². The molecule has 0 amide bonds. The average molecular weight is 215 g/mol. The zero-order chi connectivity index (χ0) is 10.2. The average Bonchev–Trinajstić information content (AvgIpc) is 2.63. The third-order valence-electron chi connectivity index (χ3n) is 1.72. The van der Waals surface area contributed by atoms with Gasteiger partial charge >= 0.3 is 0 Å². The molecule has 0 spiro atoms. The van der Waals surface area contributed by atoms with Gasteiger partial charge in [-0.1, -0.05) is 25.2 Å². The van der Waals surface area contributed by atoms with Gasteiger partial charge in [0, 0.05) is 13.2 Å². The molecule has 0 unspecified atom stereocenters. The van der Waals surface area contributed by atoms with E-state index < -0.39 is 0 Å². The van der Waals surface area contributed by atoms with Gasteiger partial charge in [0.1, 0.15) is 5.51 Å². The molecule has 0 aliphatic heterocycles. The number of aromatic nitrogens is 2. The second-order valence-electron chi connectivity index (χ2n) is 3.47. The Morgan fingerprint density at radius 1 is 1.50 bits per heavy atom. The van der Waals surface area contributed by atoms with Crippen molar-refractivity contribution in [2.45, 2.75) is 20.3 Å². The summed E-state index contributed by atoms with van der Waals surface area (Å²) in [7, 11) is 0. The Bertz CT molecular complexity index is 226. The Kier molecular flexibility index (Phi) is 5.47. The van der Waals surface area contributed by atoms with Gasteiger partial charge in [0.25, 0.3) is 0 Å². The fourth-order valence-corrected chi connectivity index (χ4v) is 1.38. The van der Waals surface area contributed by atoms with Crippen LogP contribution in [0.4, 0.5) is 5.13 Å². The Morgan fingerprint density at radius 2 is 2.36 bits per heavy atom. The molecule has 14 heavy (non-hydrogen) atoms. The summed E-state index contributed by atoms with van der Waals surface area (Å²) in [5.41, 5.74) is 1.71. The zero-order valence-corrected chi connectivity index (χ0v) is 9.51. The van der Waals surface area contributed by atoms with Crippen molar-refractivity contribution >= 4 is 16.5 Å². The first-order chi connectivity index (χ1) is 6.79. The van der Waals surface area contributed by atoms with Gasteiger partial charge in [-0.05, 0) is 12.3 Å². The summed E-state index contributed by atoms with van der Waals surface area (Å²) >= 11 is 1.50. The van der Waals surface area contributed by atoms with Crippen LogP contribution in [-0.4, -0.2) is 30.0 Å². The van der Waals surface area contributed by atoms with Crippen LogP contribution in [0.15, 0.2) is 5.51 Å². The molecule has 4 nitrogen and oxygen atoms in total. The number of anilines is 1. The molecule has 1 N–H and O–H groups in total. The van der Waals surface area contributed by atoms with E-state index in [1.54, 1.807) is 5.51 Å². The monoisotopic (exact) mass is 215 g/mol. The van der Waals surface area contributed by atoms with Crippen molar-refractivity contribution in [3.63, 3.8) is 0 Å². The number of rotatable bonds is 7. The largest absolute Gasteiger partial charge is 0.380 e. The first-order valence-electron chi connectivity index (χ1n) is 4.87. The molecule has 1 aromatic rings. The number of hydrogen-bond acceptors (Lipinski definition) is 5. The lowest BCUT2D eigenvalue weighted by Crippen LogP contribution is -2.10. The SMILES string of the molecule is CC(C)CCOCCNc1nncs1. The normalized spacial score (nSPS) is 10.8. The lowest BCUT2D eigenvalue weighted by molar-refractivity contribution is 0.132. The van der Waals surface area contributed by atoms with Gasteiger partial charge in [-0.3, -0.25) is 0 Å². The number of hydrogen-bond donors (Lipinski definition) is 1. The van der Waals surface area contributed by atoms with E-state index in [4.69, 9.17) is 4.74 Å². The van der Waals surface area contributed by atoms with E-state index in [1.165, 1.54) is 11.3 Å². The van der Waals surface area contributed by atoms with Crippen molar-refractivity contribution in [3.05, 3.63) is 5.51 Å². The maximum Gasteiger partial charge on any atom is 0.205 e. The van der Waals surface area contributed by atoms with Crippen molar-refractivity contribution in [3.8, 4) is 0 Å². The van der Waals surface area contributed by atoms with Crippen LogP contribution in [0.2, 0.25) is 0 Å².